The van der Waals surface area contributed by atoms with Crippen LogP contribution in [-0.2, 0) is 12.8 Å². The molecule has 0 amide bonds. The van der Waals surface area contributed by atoms with E-state index in [1.807, 2.05) is 6.92 Å². The lowest BCUT2D eigenvalue weighted by atomic mass is 10.2. The van der Waals surface area contributed by atoms with Crippen molar-refractivity contribution in [2.45, 2.75) is 19.7 Å². The van der Waals surface area contributed by atoms with Crippen molar-refractivity contribution in [1.29, 1.82) is 0 Å². The van der Waals surface area contributed by atoms with Gasteiger partial charge in [0.15, 0.2) is 11.5 Å². The predicted octanol–water partition coefficient (Wildman–Crippen LogP) is 6.27. The molecule has 31 heavy (non-hydrogen) atoms. The van der Waals surface area contributed by atoms with Crippen molar-refractivity contribution in [3.05, 3.63) is 89.2 Å². The molecule has 3 aromatic rings. The first-order valence-electron chi connectivity index (χ1n) is 9.46. The summed E-state index contributed by atoms with van der Waals surface area (Å²) in [5.41, 5.74) is 3.09. The number of rotatable bonds is 8. The number of hydrogen-bond acceptors (Lipinski definition) is 4. The van der Waals surface area contributed by atoms with Crippen molar-refractivity contribution in [1.82, 2.24) is 0 Å². The monoisotopic (exact) mass is 432 g/mol. The first kappa shape index (κ1) is 22.1. The van der Waals surface area contributed by atoms with E-state index in [1.54, 1.807) is 36.4 Å². The van der Waals surface area contributed by atoms with Gasteiger partial charge < -0.3 is 9.47 Å². The topological polar surface area (TPSA) is 42.8 Å². The van der Waals surface area contributed by atoms with E-state index < -0.39 is 11.7 Å². The molecular weight excluding hydrogens is 412 g/mol. The van der Waals surface area contributed by atoms with Crippen LogP contribution in [0.1, 0.15) is 23.6 Å². The zero-order valence-corrected chi connectivity index (χ0v) is 16.6. The second-order valence-corrected chi connectivity index (χ2v) is 6.47. The molecule has 162 valence electrons. The number of nitrogens with zero attached hydrogens (tertiary/aromatic N) is 1. The van der Waals surface area contributed by atoms with Crippen LogP contribution in [0.4, 0.5) is 23.2 Å². The molecule has 0 fully saturated rings. The highest BCUT2D eigenvalue weighted by Gasteiger charge is 2.30. The van der Waals surface area contributed by atoms with Crippen molar-refractivity contribution < 1.29 is 27.0 Å². The van der Waals surface area contributed by atoms with Crippen LogP contribution in [0.15, 0.2) is 71.8 Å². The summed E-state index contributed by atoms with van der Waals surface area (Å²) in [5.74, 6) is 0.528. The molecule has 0 aliphatic rings. The molecule has 0 aromatic heterocycles. The Bertz CT molecular complexity index is 1050. The Hall–Kier alpha value is -3.55. The number of benzene rings is 3. The van der Waals surface area contributed by atoms with Gasteiger partial charge in [-0.15, -0.1) is 0 Å². The number of anilines is 1. The van der Waals surface area contributed by atoms with E-state index >= 15 is 0 Å². The second kappa shape index (κ2) is 9.97. The highest BCUT2D eigenvalue weighted by molar-refractivity contribution is 5.81. The Morgan fingerprint density at radius 3 is 2.48 bits per heavy atom. The molecule has 3 aromatic carbocycles. The molecule has 0 aliphatic carbocycles. The number of nitrogens with one attached hydrogen (secondary N) is 1. The number of ether oxygens (including phenoxy) is 2. The third-order valence-corrected chi connectivity index (χ3v) is 4.21. The Kier molecular flexibility index (Phi) is 7.12. The Balaban J connectivity index is 1.69. The van der Waals surface area contributed by atoms with E-state index in [9.17, 15) is 17.6 Å². The van der Waals surface area contributed by atoms with Crippen LogP contribution in [0.25, 0.3) is 0 Å². The minimum Gasteiger partial charge on any atom is -0.490 e. The summed E-state index contributed by atoms with van der Waals surface area (Å²) in [5, 5.41) is 3.98. The quantitative estimate of drug-likeness (QED) is 0.259. The molecule has 4 nitrogen and oxygen atoms in total. The van der Waals surface area contributed by atoms with Gasteiger partial charge >= 0.3 is 6.18 Å². The normalized spacial score (nSPS) is 11.5. The zero-order valence-electron chi connectivity index (χ0n) is 16.6. The molecule has 0 bridgehead atoms. The SMILES string of the molecule is CCOc1cc(C=NNc2cccc(C(F)(F)F)c2)ccc1OCc1ccccc1F. The average Bonchev–Trinajstić information content (AvgIpc) is 2.74. The predicted molar refractivity (Wildman–Crippen MR) is 111 cm³/mol. The molecule has 0 saturated heterocycles. The minimum absolute atomic E-state index is 0.0390. The largest absolute Gasteiger partial charge is 0.490 e. The van der Waals surface area contributed by atoms with Gasteiger partial charge in [-0.25, -0.2) is 4.39 Å². The van der Waals surface area contributed by atoms with Crippen LogP contribution in [0.5, 0.6) is 11.5 Å². The maximum atomic E-state index is 13.8. The fraction of sp³-hybridized carbons (Fsp3) is 0.174. The molecule has 0 unspecified atom stereocenters. The lowest BCUT2D eigenvalue weighted by molar-refractivity contribution is -0.137. The Morgan fingerprint density at radius 1 is 0.935 bits per heavy atom. The molecule has 0 aliphatic heterocycles. The van der Waals surface area contributed by atoms with E-state index in [0.29, 0.717) is 29.2 Å². The summed E-state index contributed by atoms with van der Waals surface area (Å²) in [6.07, 6.45) is -2.98. The van der Waals surface area contributed by atoms with Gasteiger partial charge in [0.25, 0.3) is 0 Å². The summed E-state index contributed by atoms with van der Waals surface area (Å²) in [4.78, 5) is 0. The molecule has 3 rings (SSSR count). The molecule has 0 radical (unpaired) electrons. The lowest BCUT2D eigenvalue weighted by Crippen LogP contribution is -2.05. The van der Waals surface area contributed by atoms with Crippen LogP contribution in [0.2, 0.25) is 0 Å². The van der Waals surface area contributed by atoms with Crippen LogP contribution < -0.4 is 14.9 Å². The molecule has 0 spiro atoms. The van der Waals surface area contributed by atoms with Crippen LogP contribution in [0, 0.1) is 5.82 Å². The second-order valence-electron chi connectivity index (χ2n) is 6.47. The van der Waals surface area contributed by atoms with Crippen molar-refractivity contribution in [2.24, 2.45) is 5.10 Å². The van der Waals surface area contributed by atoms with Gasteiger partial charge in [-0.1, -0.05) is 24.3 Å². The molecule has 0 saturated carbocycles. The fourth-order valence-corrected chi connectivity index (χ4v) is 2.71. The summed E-state index contributed by atoms with van der Waals surface area (Å²) >= 11 is 0. The van der Waals surface area contributed by atoms with Gasteiger partial charge in [-0.05, 0) is 55.0 Å². The van der Waals surface area contributed by atoms with E-state index in [2.05, 4.69) is 10.5 Å². The van der Waals surface area contributed by atoms with Crippen molar-refractivity contribution in [3.63, 3.8) is 0 Å². The van der Waals surface area contributed by atoms with Crippen molar-refractivity contribution >= 4 is 11.9 Å². The third kappa shape index (κ3) is 6.21. The van der Waals surface area contributed by atoms with Gasteiger partial charge in [-0.2, -0.15) is 18.3 Å². The van der Waals surface area contributed by atoms with Gasteiger partial charge in [0.1, 0.15) is 12.4 Å². The minimum atomic E-state index is -4.42. The highest BCUT2D eigenvalue weighted by Crippen LogP contribution is 2.31. The van der Waals surface area contributed by atoms with Crippen LogP contribution in [0.3, 0.4) is 0 Å². The van der Waals surface area contributed by atoms with Crippen molar-refractivity contribution in [2.75, 3.05) is 12.0 Å². The molecule has 1 N–H and O–H groups in total. The number of alkyl halides is 3. The van der Waals surface area contributed by atoms with Gasteiger partial charge in [0, 0.05) is 5.56 Å². The lowest BCUT2D eigenvalue weighted by Gasteiger charge is -2.13. The zero-order chi connectivity index (χ0) is 22.3. The number of hydrogen-bond donors (Lipinski definition) is 1. The average molecular weight is 432 g/mol. The summed E-state index contributed by atoms with van der Waals surface area (Å²) < 4.78 is 63.4. The van der Waals surface area contributed by atoms with E-state index in [-0.39, 0.29) is 18.1 Å². The third-order valence-electron chi connectivity index (χ3n) is 4.21. The maximum Gasteiger partial charge on any atom is 0.416 e. The van der Waals surface area contributed by atoms with Crippen LogP contribution in [-0.4, -0.2) is 12.8 Å². The number of hydrazone groups is 1. The van der Waals surface area contributed by atoms with E-state index in [4.69, 9.17) is 9.47 Å². The van der Waals surface area contributed by atoms with E-state index in [1.165, 1.54) is 24.4 Å². The Morgan fingerprint density at radius 2 is 1.74 bits per heavy atom. The molecule has 8 heteroatoms. The maximum absolute atomic E-state index is 13.8. The first-order valence-corrected chi connectivity index (χ1v) is 9.46. The summed E-state index contributed by atoms with van der Waals surface area (Å²) in [7, 11) is 0. The molecule has 0 heterocycles. The smallest absolute Gasteiger partial charge is 0.416 e. The van der Waals surface area contributed by atoms with Gasteiger partial charge in [-0.3, -0.25) is 5.43 Å². The number of halogens is 4. The molecular formula is C23H20F4N2O2. The summed E-state index contributed by atoms with van der Waals surface area (Å²) in [6, 6.07) is 16.1. The highest BCUT2D eigenvalue weighted by atomic mass is 19.4. The first-order chi connectivity index (χ1) is 14.9. The van der Waals surface area contributed by atoms with Crippen LogP contribution >= 0.6 is 0 Å². The van der Waals surface area contributed by atoms with Gasteiger partial charge in [0.2, 0.25) is 0 Å². The standard InChI is InChI=1S/C23H20F4N2O2/c1-2-30-22-12-16(10-11-21(22)31-15-17-6-3-4-9-20(17)24)14-28-29-19-8-5-7-18(13-19)23(25,26)27/h3-14,29H,2,15H2,1H3. The summed E-state index contributed by atoms with van der Waals surface area (Å²) in [6.45, 7) is 2.24. The fourth-order valence-electron chi connectivity index (χ4n) is 2.71. The van der Waals surface area contributed by atoms with Gasteiger partial charge in [0.05, 0.1) is 24.1 Å². The van der Waals surface area contributed by atoms with Crippen molar-refractivity contribution in [3.8, 4) is 11.5 Å². The Labute approximate surface area is 177 Å². The molecule has 0 atom stereocenters. The van der Waals surface area contributed by atoms with E-state index in [0.717, 1.165) is 12.1 Å².